The Morgan fingerprint density at radius 1 is 1.15 bits per heavy atom. The molecule has 2 aromatic rings. The largest absolute Gasteiger partial charge is 0.326 e. The Kier molecular flexibility index (Phi) is 5.89. The molecule has 0 saturated carbocycles. The van der Waals surface area contributed by atoms with Crippen LogP contribution in [0.25, 0.3) is 0 Å². The zero-order valence-corrected chi connectivity index (χ0v) is 17.0. The number of amides is 1. The molecule has 5 nitrogen and oxygen atoms in total. The number of aryl methyl sites for hydroxylation is 2. The van der Waals surface area contributed by atoms with Gasteiger partial charge in [-0.15, -0.1) is 0 Å². The van der Waals surface area contributed by atoms with Crippen LogP contribution in [0, 0.1) is 19.8 Å². The van der Waals surface area contributed by atoms with Gasteiger partial charge < -0.3 is 5.32 Å². The van der Waals surface area contributed by atoms with Crippen LogP contribution in [-0.4, -0.2) is 31.7 Å². The van der Waals surface area contributed by atoms with Crippen molar-refractivity contribution in [3.8, 4) is 0 Å². The average molecular weight is 407 g/mol. The number of sulfonamides is 1. The summed E-state index contributed by atoms with van der Waals surface area (Å²) in [4.78, 5) is 12.8. The van der Waals surface area contributed by atoms with E-state index >= 15 is 0 Å². The summed E-state index contributed by atoms with van der Waals surface area (Å²) in [6.07, 6.45) is 1.31. The van der Waals surface area contributed by atoms with E-state index in [1.165, 1.54) is 10.4 Å². The van der Waals surface area contributed by atoms with Crippen molar-refractivity contribution in [2.75, 3.05) is 18.4 Å². The van der Waals surface area contributed by atoms with Gasteiger partial charge in [0.2, 0.25) is 15.9 Å². The molecule has 144 valence electrons. The third kappa shape index (κ3) is 4.34. The smallest absolute Gasteiger partial charge is 0.243 e. The highest BCUT2D eigenvalue weighted by Gasteiger charge is 2.33. The molecule has 1 amide bonds. The summed E-state index contributed by atoms with van der Waals surface area (Å²) in [5.41, 5.74) is 2.55. The van der Waals surface area contributed by atoms with Gasteiger partial charge in [-0.1, -0.05) is 35.9 Å². The summed E-state index contributed by atoms with van der Waals surface area (Å²) in [7, 11) is -3.68. The van der Waals surface area contributed by atoms with Gasteiger partial charge in [0.05, 0.1) is 10.8 Å². The van der Waals surface area contributed by atoms with Crippen molar-refractivity contribution in [2.45, 2.75) is 31.6 Å². The molecule has 2 aromatic carbocycles. The van der Waals surface area contributed by atoms with Gasteiger partial charge in [0.15, 0.2) is 0 Å². The first-order valence-corrected chi connectivity index (χ1v) is 10.7. The van der Waals surface area contributed by atoms with E-state index in [4.69, 9.17) is 11.6 Å². The SMILES string of the molecule is Cc1ccc(S(=O)(=O)N2CCC[C@H](C(=O)Nc3ccccc3C)C2)cc1Cl. The Morgan fingerprint density at radius 2 is 1.89 bits per heavy atom. The summed E-state index contributed by atoms with van der Waals surface area (Å²) in [5, 5.41) is 3.35. The summed E-state index contributed by atoms with van der Waals surface area (Å²) < 4.78 is 27.3. The lowest BCUT2D eigenvalue weighted by Gasteiger charge is -2.31. The van der Waals surface area contributed by atoms with Crippen molar-refractivity contribution in [2.24, 2.45) is 5.92 Å². The molecular formula is C20H23ClN2O3S. The molecule has 1 saturated heterocycles. The van der Waals surface area contributed by atoms with Gasteiger partial charge in [-0.25, -0.2) is 8.42 Å². The van der Waals surface area contributed by atoms with Crippen LogP contribution < -0.4 is 5.32 Å². The predicted molar refractivity (Wildman–Crippen MR) is 107 cm³/mol. The van der Waals surface area contributed by atoms with E-state index in [0.29, 0.717) is 24.4 Å². The lowest BCUT2D eigenvalue weighted by atomic mass is 9.98. The molecule has 0 aliphatic carbocycles. The Hall–Kier alpha value is -1.89. The fourth-order valence-electron chi connectivity index (χ4n) is 3.21. The number of nitrogens with zero attached hydrogens (tertiary/aromatic N) is 1. The Bertz CT molecular complexity index is 959. The van der Waals surface area contributed by atoms with E-state index < -0.39 is 10.0 Å². The summed E-state index contributed by atoms with van der Waals surface area (Å²) >= 11 is 6.10. The van der Waals surface area contributed by atoms with Crippen LogP contribution in [0.4, 0.5) is 5.69 Å². The molecule has 1 aliphatic heterocycles. The summed E-state index contributed by atoms with van der Waals surface area (Å²) in [6.45, 7) is 4.33. The number of carbonyl (C=O) groups is 1. The number of para-hydroxylation sites is 1. The van der Waals surface area contributed by atoms with Gasteiger partial charge >= 0.3 is 0 Å². The third-order valence-corrected chi connectivity index (χ3v) is 7.21. The van der Waals surface area contributed by atoms with Gasteiger partial charge in [0.1, 0.15) is 0 Å². The molecule has 0 unspecified atom stereocenters. The first-order valence-electron chi connectivity index (χ1n) is 8.92. The van der Waals surface area contributed by atoms with Crippen molar-refractivity contribution in [3.63, 3.8) is 0 Å². The lowest BCUT2D eigenvalue weighted by molar-refractivity contribution is -0.120. The molecule has 0 aromatic heterocycles. The number of benzene rings is 2. The third-order valence-electron chi connectivity index (χ3n) is 4.94. The quantitative estimate of drug-likeness (QED) is 0.834. The van der Waals surface area contributed by atoms with Crippen molar-refractivity contribution in [1.29, 1.82) is 0 Å². The minimum absolute atomic E-state index is 0.147. The number of rotatable bonds is 4. The second-order valence-corrected chi connectivity index (χ2v) is 9.26. The highest BCUT2D eigenvalue weighted by Crippen LogP contribution is 2.27. The zero-order chi connectivity index (χ0) is 19.6. The molecule has 0 bridgehead atoms. The fraction of sp³-hybridized carbons (Fsp3) is 0.350. The number of carbonyl (C=O) groups excluding carboxylic acids is 1. The number of piperidine rings is 1. The van der Waals surface area contributed by atoms with Gasteiger partial charge in [0, 0.05) is 23.8 Å². The number of anilines is 1. The number of nitrogens with one attached hydrogen (secondary N) is 1. The van der Waals surface area contributed by atoms with Crippen LogP contribution in [0.2, 0.25) is 5.02 Å². The van der Waals surface area contributed by atoms with E-state index in [9.17, 15) is 13.2 Å². The fourth-order valence-corrected chi connectivity index (χ4v) is 5.00. The van der Waals surface area contributed by atoms with E-state index in [1.807, 2.05) is 38.1 Å². The molecule has 0 radical (unpaired) electrons. The van der Waals surface area contributed by atoms with E-state index in [-0.39, 0.29) is 23.3 Å². The van der Waals surface area contributed by atoms with Crippen LogP contribution in [0.5, 0.6) is 0 Å². The number of halogens is 1. The van der Waals surface area contributed by atoms with Crippen LogP contribution >= 0.6 is 11.6 Å². The van der Waals surface area contributed by atoms with Gasteiger partial charge in [-0.2, -0.15) is 4.31 Å². The van der Waals surface area contributed by atoms with Crippen molar-refractivity contribution in [1.82, 2.24) is 4.31 Å². The van der Waals surface area contributed by atoms with E-state index in [1.54, 1.807) is 12.1 Å². The minimum Gasteiger partial charge on any atom is -0.326 e. The van der Waals surface area contributed by atoms with Crippen molar-refractivity contribution >= 4 is 33.2 Å². The first-order chi connectivity index (χ1) is 12.8. The molecule has 1 fully saturated rings. The van der Waals surface area contributed by atoms with Gasteiger partial charge in [0.25, 0.3) is 0 Å². The highest BCUT2D eigenvalue weighted by molar-refractivity contribution is 7.89. The van der Waals surface area contributed by atoms with Crippen molar-refractivity contribution < 1.29 is 13.2 Å². The van der Waals surface area contributed by atoms with Gasteiger partial charge in [-0.05, 0) is 56.0 Å². The molecule has 1 heterocycles. The first kappa shape index (κ1) is 19.9. The maximum absolute atomic E-state index is 13.0. The maximum atomic E-state index is 13.0. The minimum atomic E-state index is -3.68. The monoisotopic (exact) mass is 406 g/mol. The predicted octanol–water partition coefficient (Wildman–Crippen LogP) is 4.00. The molecule has 1 atom stereocenters. The van der Waals surface area contributed by atoms with E-state index in [2.05, 4.69) is 5.32 Å². The van der Waals surface area contributed by atoms with Crippen LogP contribution in [0.15, 0.2) is 47.4 Å². The van der Waals surface area contributed by atoms with Gasteiger partial charge in [-0.3, -0.25) is 4.79 Å². The molecule has 1 aliphatic rings. The zero-order valence-electron chi connectivity index (χ0n) is 15.4. The Labute approximate surface area is 165 Å². The van der Waals surface area contributed by atoms with Crippen molar-refractivity contribution in [3.05, 3.63) is 58.6 Å². The molecule has 3 rings (SSSR count). The second kappa shape index (κ2) is 8.00. The van der Waals surface area contributed by atoms with Crippen LogP contribution in [-0.2, 0) is 14.8 Å². The van der Waals surface area contributed by atoms with Crippen LogP contribution in [0.3, 0.4) is 0 Å². The maximum Gasteiger partial charge on any atom is 0.243 e. The Morgan fingerprint density at radius 3 is 2.59 bits per heavy atom. The molecule has 27 heavy (non-hydrogen) atoms. The summed E-state index contributed by atoms with van der Waals surface area (Å²) in [5.74, 6) is -0.528. The Balaban J connectivity index is 1.76. The molecule has 0 spiro atoms. The normalized spacial score (nSPS) is 18.3. The average Bonchev–Trinajstić information content (AvgIpc) is 2.65. The highest BCUT2D eigenvalue weighted by atomic mass is 35.5. The molecule has 1 N–H and O–H groups in total. The molecular weight excluding hydrogens is 384 g/mol. The standard InChI is InChI=1S/C20H23ClN2O3S/c1-14-9-10-17(12-18(14)21)27(25,26)23-11-5-7-16(13-23)20(24)22-19-8-4-3-6-15(19)2/h3-4,6,8-10,12,16H,5,7,11,13H2,1-2H3,(H,22,24)/t16-/m0/s1. The second-order valence-electron chi connectivity index (χ2n) is 6.92. The number of hydrogen-bond donors (Lipinski definition) is 1. The molecule has 7 heteroatoms. The lowest BCUT2D eigenvalue weighted by Crippen LogP contribution is -2.43. The summed E-state index contributed by atoms with van der Waals surface area (Å²) in [6, 6.07) is 12.3. The number of hydrogen-bond acceptors (Lipinski definition) is 3. The van der Waals surface area contributed by atoms with Crippen LogP contribution in [0.1, 0.15) is 24.0 Å². The topological polar surface area (TPSA) is 66.5 Å². The van der Waals surface area contributed by atoms with E-state index in [0.717, 1.165) is 16.8 Å².